The highest BCUT2D eigenvalue weighted by Gasteiger charge is 2.32. The van der Waals surface area contributed by atoms with Crippen molar-refractivity contribution in [2.75, 3.05) is 0 Å². The fourth-order valence-corrected chi connectivity index (χ4v) is 5.04. The molecule has 164 valence electrons. The van der Waals surface area contributed by atoms with Gasteiger partial charge in [-0.05, 0) is 84.5 Å². The predicted octanol–water partition coefficient (Wildman–Crippen LogP) is 3.60. The minimum atomic E-state index is -1.17. The number of hydrogen-bond donors (Lipinski definition) is 3. The van der Waals surface area contributed by atoms with Crippen LogP contribution in [0, 0.1) is 11.8 Å². The molecule has 0 aliphatic heterocycles. The molecule has 0 spiro atoms. The number of benzene rings is 2. The molecule has 31 heavy (non-hydrogen) atoms. The zero-order valence-corrected chi connectivity index (χ0v) is 18.0. The smallest absolute Gasteiger partial charge is 0.427 e. The molecule has 0 saturated heterocycles. The Balaban J connectivity index is 0.000000858. The van der Waals surface area contributed by atoms with Crippen LogP contribution in [0.5, 0.6) is 0 Å². The third kappa shape index (κ3) is 6.38. The number of nitrogens with two attached hydrogens (primary N) is 1. The van der Waals surface area contributed by atoms with Crippen molar-refractivity contribution in [3.8, 4) is 11.1 Å². The van der Waals surface area contributed by atoms with Crippen LogP contribution in [0.15, 0.2) is 42.5 Å². The zero-order valence-electron chi connectivity index (χ0n) is 18.0. The number of unbranched alkanes of at least 4 members (excludes halogenated alkanes) is 1. The van der Waals surface area contributed by atoms with E-state index < -0.39 is 7.12 Å². The summed E-state index contributed by atoms with van der Waals surface area (Å²) in [5.41, 5.74) is 13.6. The Morgan fingerprint density at radius 3 is 2.48 bits per heavy atom. The highest BCUT2D eigenvalue weighted by Crippen LogP contribution is 2.40. The second-order valence-corrected chi connectivity index (χ2v) is 8.97. The van der Waals surface area contributed by atoms with Crippen LogP contribution in [0.1, 0.15) is 55.2 Å². The molecule has 0 radical (unpaired) electrons. The predicted molar refractivity (Wildman–Crippen MR) is 121 cm³/mol. The largest absolute Gasteiger partial charge is 0.451 e. The van der Waals surface area contributed by atoms with Crippen LogP contribution in [0.3, 0.4) is 0 Å². The normalized spacial score (nSPS) is 19.2. The highest BCUT2D eigenvalue weighted by atomic mass is 16.4. The van der Waals surface area contributed by atoms with Crippen LogP contribution in [-0.2, 0) is 22.4 Å². The molecule has 2 aliphatic carbocycles. The van der Waals surface area contributed by atoms with E-state index in [0.717, 1.165) is 31.6 Å². The lowest BCUT2D eigenvalue weighted by molar-refractivity contribution is -0.191. The minimum Gasteiger partial charge on any atom is -0.427 e. The quantitative estimate of drug-likeness (QED) is 0.362. The van der Waals surface area contributed by atoms with E-state index in [1.807, 2.05) is 0 Å². The van der Waals surface area contributed by atoms with Crippen molar-refractivity contribution in [1.29, 1.82) is 0 Å². The molecule has 1 atom stereocenters. The van der Waals surface area contributed by atoms with Gasteiger partial charge in [-0.2, -0.15) is 9.59 Å². The topological polar surface area (TPSA) is 101 Å². The molecule has 2 aromatic rings. The van der Waals surface area contributed by atoms with Crippen molar-refractivity contribution < 1.29 is 19.6 Å². The van der Waals surface area contributed by atoms with Gasteiger partial charge in [0.25, 0.3) is 0 Å². The Hall–Kier alpha value is -2.24. The number of rotatable bonds is 9. The maximum absolute atomic E-state index is 8.89. The summed E-state index contributed by atoms with van der Waals surface area (Å²) in [6.07, 6.45) is 9.62. The summed E-state index contributed by atoms with van der Waals surface area (Å²) in [6.45, 7) is 0. The lowest BCUT2D eigenvalue weighted by atomic mass is 9.68. The molecule has 1 saturated carbocycles. The molecule has 2 aromatic carbocycles. The van der Waals surface area contributed by atoms with E-state index in [0.29, 0.717) is 12.2 Å². The SMILES string of the molecule is NC(CCCCB(O)O)C1CC(CCc2ccc3c(c2)Cc2ccccc2-3)C1.O=C=O. The van der Waals surface area contributed by atoms with E-state index in [9.17, 15) is 0 Å². The minimum absolute atomic E-state index is 0.250. The molecule has 4 N–H and O–H groups in total. The van der Waals surface area contributed by atoms with Gasteiger partial charge in [-0.25, -0.2) is 0 Å². The summed E-state index contributed by atoms with van der Waals surface area (Å²) in [5.74, 6) is 1.49. The van der Waals surface area contributed by atoms with Gasteiger partial charge in [0.05, 0.1) is 0 Å². The average molecular weight is 421 g/mol. The Bertz CT molecular complexity index is 889. The van der Waals surface area contributed by atoms with Gasteiger partial charge in [0.15, 0.2) is 0 Å². The van der Waals surface area contributed by atoms with Crippen LogP contribution >= 0.6 is 0 Å². The Kier molecular flexibility index (Phi) is 8.62. The van der Waals surface area contributed by atoms with Crippen molar-refractivity contribution in [2.24, 2.45) is 17.6 Å². The van der Waals surface area contributed by atoms with E-state index in [2.05, 4.69) is 42.5 Å². The molecule has 0 amide bonds. The van der Waals surface area contributed by atoms with Crippen LogP contribution < -0.4 is 5.73 Å². The summed E-state index contributed by atoms with van der Waals surface area (Å²) in [6, 6.07) is 16.1. The average Bonchev–Trinajstić information content (AvgIpc) is 3.08. The summed E-state index contributed by atoms with van der Waals surface area (Å²) < 4.78 is 0. The molecule has 5 nitrogen and oxygen atoms in total. The number of carbonyl (C=O) groups excluding carboxylic acids is 2. The third-order valence-electron chi connectivity index (χ3n) is 6.83. The Labute approximate surface area is 184 Å². The molecule has 0 bridgehead atoms. The Morgan fingerprint density at radius 2 is 1.74 bits per heavy atom. The summed E-state index contributed by atoms with van der Waals surface area (Å²) >= 11 is 0. The molecule has 1 fully saturated rings. The number of aryl methyl sites for hydroxylation is 1. The molecule has 4 rings (SSSR count). The van der Waals surface area contributed by atoms with Crippen molar-refractivity contribution >= 4 is 13.3 Å². The Morgan fingerprint density at radius 1 is 1.03 bits per heavy atom. The van der Waals surface area contributed by atoms with Crippen molar-refractivity contribution in [2.45, 2.75) is 63.7 Å². The van der Waals surface area contributed by atoms with Gasteiger partial charge in [0.2, 0.25) is 0 Å². The van der Waals surface area contributed by atoms with Gasteiger partial charge in [0, 0.05) is 6.04 Å². The lowest BCUT2D eigenvalue weighted by Crippen LogP contribution is -2.39. The monoisotopic (exact) mass is 421 g/mol. The van der Waals surface area contributed by atoms with Gasteiger partial charge in [-0.1, -0.05) is 55.3 Å². The summed E-state index contributed by atoms with van der Waals surface area (Å²) in [5, 5.41) is 17.8. The van der Waals surface area contributed by atoms with Crippen LogP contribution in [0.25, 0.3) is 11.1 Å². The van der Waals surface area contributed by atoms with E-state index in [1.54, 1.807) is 0 Å². The second kappa shape index (κ2) is 11.4. The highest BCUT2D eigenvalue weighted by molar-refractivity contribution is 6.40. The molecular weight excluding hydrogens is 389 g/mol. The van der Waals surface area contributed by atoms with E-state index in [-0.39, 0.29) is 12.2 Å². The van der Waals surface area contributed by atoms with Crippen molar-refractivity contribution in [3.63, 3.8) is 0 Å². The maximum Gasteiger partial charge on any atom is 0.451 e. The first kappa shape index (κ1) is 23.4. The van der Waals surface area contributed by atoms with Gasteiger partial charge in [-0.15, -0.1) is 0 Å². The van der Waals surface area contributed by atoms with Gasteiger partial charge in [-0.3, -0.25) is 0 Å². The lowest BCUT2D eigenvalue weighted by Gasteiger charge is -2.39. The van der Waals surface area contributed by atoms with Crippen LogP contribution in [-0.4, -0.2) is 29.4 Å². The molecule has 1 unspecified atom stereocenters. The van der Waals surface area contributed by atoms with E-state index >= 15 is 0 Å². The molecule has 2 aliphatic rings. The number of hydrogen-bond acceptors (Lipinski definition) is 5. The molecule has 6 heteroatoms. The fraction of sp³-hybridized carbons (Fsp3) is 0.480. The third-order valence-corrected chi connectivity index (χ3v) is 6.83. The van der Waals surface area contributed by atoms with Gasteiger partial charge in [0.1, 0.15) is 0 Å². The van der Waals surface area contributed by atoms with Crippen molar-refractivity contribution in [1.82, 2.24) is 0 Å². The molecule has 0 heterocycles. The van der Waals surface area contributed by atoms with E-state index in [4.69, 9.17) is 25.4 Å². The summed E-state index contributed by atoms with van der Waals surface area (Å²) in [4.78, 5) is 16.2. The molecular formula is C25H32BNO4. The first-order valence-electron chi connectivity index (χ1n) is 11.3. The first-order valence-corrected chi connectivity index (χ1v) is 11.3. The standard InChI is InChI=1S/C24H32BNO2.CO2/c26-24(7-3-4-12-25(27)28)21-14-18(15-21)9-8-17-10-11-23-20(13-17)16-19-5-1-2-6-22(19)23;2-1-3/h1-2,5-6,10-11,13,18,21,24,27-28H,3-4,7-9,12,14-16,26H2;. The van der Waals surface area contributed by atoms with Gasteiger partial charge >= 0.3 is 13.3 Å². The van der Waals surface area contributed by atoms with Crippen molar-refractivity contribution in [3.05, 3.63) is 59.2 Å². The maximum atomic E-state index is 8.89. The zero-order chi connectivity index (χ0) is 22.2. The van der Waals surface area contributed by atoms with E-state index in [1.165, 1.54) is 53.5 Å². The second-order valence-electron chi connectivity index (χ2n) is 8.97. The summed E-state index contributed by atoms with van der Waals surface area (Å²) in [7, 11) is -1.17. The fourth-order valence-electron chi connectivity index (χ4n) is 5.04. The van der Waals surface area contributed by atoms with Crippen LogP contribution in [0.2, 0.25) is 6.32 Å². The first-order chi connectivity index (χ1) is 15.0. The molecule has 0 aromatic heterocycles. The number of fused-ring (bicyclic) bond motifs is 3. The van der Waals surface area contributed by atoms with Gasteiger partial charge < -0.3 is 15.8 Å². The van der Waals surface area contributed by atoms with Crippen LogP contribution in [0.4, 0.5) is 0 Å².